The minimum Gasteiger partial charge on any atom is -0.465 e. The van der Waals surface area contributed by atoms with E-state index in [0.29, 0.717) is 45.6 Å². The predicted molar refractivity (Wildman–Crippen MR) is 213 cm³/mol. The fourth-order valence-electron chi connectivity index (χ4n) is 5.55. The number of nitrogens with zero attached hydrogens (tertiary/aromatic N) is 1. The van der Waals surface area contributed by atoms with Gasteiger partial charge in [-0.05, 0) is 86.2 Å². The summed E-state index contributed by atoms with van der Waals surface area (Å²) in [6, 6.07) is 23.4. The Morgan fingerprint density at radius 1 is 0.944 bits per heavy atom. The van der Waals surface area contributed by atoms with Gasteiger partial charge in [0.1, 0.15) is 16.3 Å². The highest BCUT2D eigenvalue weighted by Gasteiger charge is 2.32. The molecule has 11 nitrogen and oxygen atoms in total. The lowest BCUT2D eigenvalue weighted by Gasteiger charge is -2.30. The van der Waals surface area contributed by atoms with Gasteiger partial charge < -0.3 is 30.3 Å². The van der Waals surface area contributed by atoms with E-state index >= 15 is 0 Å². The van der Waals surface area contributed by atoms with Crippen molar-refractivity contribution < 1.29 is 33.4 Å². The van der Waals surface area contributed by atoms with Crippen LogP contribution in [0.1, 0.15) is 82.8 Å². The van der Waals surface area contributed by atoms with Gasteiger partial charge in [-0.2, -0.15) is 0 Å². The number of methoxy groups -OCH3 is 1. The molecule has 0 radical (unpaired) electrons. The van der Waals surface area contributed by atoms with Crippen molar-refractivity contribution >= 4 is 69.6 Å². The van der Waals surface area contributed by atoms with Crippen LogP contribution in [0.15, 0.2) is 89.5 Å². The molecule has 13 heteroatoms. The van der Waals surface area contributed by atoms with Crippen LogP contribution in [0, 0.1) is 0 Å². The maximum Gasteiger partial charge on any atom is 0.410 e. The lowest BCUT2D eigenvalue weighted by atomic mass is 10.0. The first-order valence-electron chi connectivity index (χ1n) is 17.4. The Morgan fingerprint density at radius 3 is 2.33 bits per heavy atom. The SMILES string of the molecule is COC(=O)c1c(NC(=O)CSc2cccc(NC(=O)/C(=C\c3ccc(C(C)C)cc3)NC(=O)c3ccccc3)c2)sc2c1CCN(C(=O)OC(C)(C)C)C2. The van der Waals surface area contributed by atoms with Gasteiger partial charge in [0.2, 0.25) is 5.91 Å². The van der Waals surface area contributed by atoms with E-state index in [-0.39, 0.29) is 23.9 Å². The first kappa shape index (κ1) is 39.8. The van der Waals surface area contributed by atoms with Crippen molar-refractivity contribution in [3.8, 4) is 0 Å². The second kappa shape index (κ2) is 17.6. The van der Waals surface area contributed by atoms with Crippen LogP contribution >= 0.6 is 23.1 Å². The molecule has 0 unspecified atom stereocenters. The molecule has 3 aromatic carbocycles. The predicted octanol–water partition coefficient (Wildman–Crippen LogP) is 8.09. The van der Waals surface area contributed by atoms with Crippen LogP contribution in [0.25, 0.3) is 6.08 Å². The van der Waals surface area contributed by atoms with Crippen molar-refractivity contribution in [3.63, 3.8) is 0 Å². The number of amides is 4. The number of hydrogen-bond acceptors (Lipinski definition) is 9. The number of fused-ring (bicyclic) bond motifs is 1. The summed E-state index contributed by atoms with van der Waals surface area (Å²) < 4.78 is 10.6. The third-order valence-corrected chi connectivity index (χ3v) is 10.4. The zero-order valence-corrected chi connectivity index (χ0v) is 32.7. The third-order valence-electron chi connectivity index (χ3n) is 8.26. The quantitative estimate of drug-likeness (QED) is 0.0790. The van der Waals surface area contributed by atoms with Gasteiger partial charge in [0, 0.05) is 27.6 Å². The molecule has 1 aromatic heterocycles. The Bertz CT molecular complexity index is 2050. The molecule has 0 fully saturated rings. The van der Waals surface area contributed by atoms with Crippen LogP contribution in [-0.2, 0) is 32.0 Å². The molecule has 2 heterocycles. The van der Waals surface area contributed by atoms with Crippen molar-refractivity contribution in [1.29, 1.82) is 0 Å². The maximum atomic E-state index is 13.6. The van der Waals surface area contributed by atoms with Gasteiger partial charge in [-0.3, -0.25) is 14.4 Å². The largest absolute Gasteiger partial charge is 0.465 e. The molecule has 54 heavy (non-hydrogen) atoms. The number of rotatable bonds is 11. The number of nitrogens with one attached hydrogen (secondary N) is 3. The van der Waals surface area contributed by atoms with E-state index in [4.69, 9.17) is 9.47 Å². The highest BCUT2D eigenvalue weighted by Crippen LogP contribution is 2.38. The zero-order chi connectivity index (χ0) is 39.0. The van der Waals surface area contributed by atoms with Crippen LogP contribution in [0.4, 0.5) is 15.5 Å². The van der Waals surface area contributed by atoms with Gasteiger partial charge in [-0.25, -0.2) is 9.59 Å². The van der Waals surface area contributed by atoms with Crippen LogP contribution in [0.5, 0.6) is 0 Å². The van der Waals surface area contributed by atoms with E-state index in [2.05, 4.69) is 29.8 Å². The Balaban J connectivity index is 1.26. The van der Waals surface area contributed by atoms with Gasteiger partial charge in [-0.1, -0.05) is 62.4 Å². The number of esters is 1. The standard InChI is InChI=1S/C41H44N4O7S2/c1-25(2)27-17-15-26(16-18-27)21-32(43-36(47)28-11-8-7-9-12-28)37(48)42-29-13-10-14-30(22-29)53-24-34(46)44-38-35(39(49)51-6)31-19-20-45(23-33(31)54-38)40(50)52-41(3,4)5/h7-18,21-22,25H,19-20,23-24H2,1-6H3,(H,42,48)(H,43,47)(H,44,46)/b32-21+. The minimum atomic E-state index is -0.646. The van der Waals surface area contributed by atoms with E-state index in [1.165, 1.54) is 30.2 Å². The average Bonchev–Trinajstić information content (AvgIpc) is 3.50. The van der Waals surface area contributed by atoms with Crippen molar-refractivity contribution in [2.24, 2.45) is 0 Å². The highest BCUT2D eigenvalue weighted by molar-refractivity contribution is 8.00. The fourth-order valence-corrected chi connectivity index (χ4v) is 7.57. The summed E-state index contributed by atoms with van der Waals surface area (Å²) in [6.07, 6.45) is 1.60. The molecule has 0 atom stereocenters. The van der Waals surface area contributed by atoms with Crippen LogP contribution in [0.2, 0.25) is 0 Å². The molecule has 4 aromatic rings. The van der Waals surface area contributed by atoms with Crippen molar-refractivity contribution in [2.75, 3.05) is 30.0 Å². The number of carbonyl (C=O) groups excluding carboxylic acids is 5. The van der Waals surface area contributed by atoms with Gasteiger partial charge in [0.25, 0.3) is 11.8 Å². The van der Waals surface area contributed by atoms with Crippen LogP contribution in [-0.4, -0.2) is 59.7 Å². The van der Waals surface area contributed by atoms with Gasteiger partial charge in [0.05, 0.1) is 25.0 Å². The Hall–Kier alpha value is -5.40. The van der Waals surface area contributed by atoms with E-state index in [9.17, 15) is 24.0 Å². The molecular formula is C41H44N4O7S2. The van der Waals surface area contributed by atoms with E-state index in [1.54, 1.807) is 74.2 Å². The Labute approximate surface area is 323 Å². The van der Waals surface area contributed by atoms with Gasteiger partial charge >= 0.3 is 12.1 Å². The summed E-state index contributed by atoms with van der Waals surface area (Å²) in [5.41, 5.74) is 3.23. The number of thiophene rings is 1. The number of hydrogen-bond donors (Lipinski definition) is 3. The maximum absolute atomic E-state index is 13.6. The molecular weight excluding hydrogens is 725 g/mol. The second-order valence-electron chi connectivity index (χ2n) is 13.9. The van der Waals surface area contributed by atoms with Crippen molar-refractivity contribution in [3.05, 3.63) is 117 Å². The molecule has 0 aliphatic carbocycles. The summed E-state index contributed by atoms with van der Waals surface area (Å²) in [4.78, 5) is 68.5. The zero-order valence-electron chi connectivity index (χ0n) is 31.1. The summed E-state index contributed by atoms with van der Waals surface area (Å²) in [5.74, 6) is -1.50. The lowest BCUT2D eigenvalue weighted by Crippen LogP contribution is -2.39. The topological polar surface area (TPSA) is 143 Å². The van der Waals surface area contributed by atoms with E-state index in [1.807, 2.05) is 36.4 Å². The number of carbonyl (C=O) groups is 5. The number of anilines is 2. The molecule has 0 bridgehead atoms. The fraction of sp³-hybridized carbons (Fsp3) is 0.293. The molecule has 282 valence electrons. The number of ether oxygens (including phenoxy) is 2. The molecule has 0 saturated carbocycles. The summed E-state index contributed by atoms with van der Waals surface area (Å²) in [6.45, 7) is 10.2. The van der Waals surface area contributed by atoms with Crippen LogP contribution in [0.3, 0.4) is 0 Å². The summed E-state index contributed by atoms with van der Waals surface area (Å²) in [5, 5.41) is 8.86. The average molecular weight is 769 g/mol. The Morgan fingerprint density at radius 2 is 1.67 bits per heavy atom. The first-order chi connectivity index (χ1) is 25.7. The molecule has 4 amide bonds. The number of benzene rings is 3. The first-order valence-corrected chi connectivity index (χ1v) is 19.2. The third kappa shape index (κ3) is 10.6. The smallest absolute Gasteiger partial charge is 0.410 e. The normalized spacial score (nSPS) is 12.8. The molecule has 1 aliphatic heterocycles. The number of thioether (sulfide) groups is 1. The minimum absolute atomic E-state index is 0.00920. The van der Waals surface area contributed by atoms with Gasteiger partial charge in [0.15, 0.2) is 0 Å². The molecule has 0 saturated heterocycles. The van der Waals surface area contributed by atoms with Crippen LogP contribution < -0.4 is 16.0 Å². The summed E-state index contributed by atoms with van der Waals surface area (Å²) >= 11 is 2.48. The van der Waals surface area contributed by atoms with E-state index < -0.39 is 29.5 Å². The second-order valence-corrected chi connectivity index (χ2v) is 16.0. The van der Waals surface area contributed by atoms with Crippen molar-refractivity contribution in [2.45, 2.75) is 64.0 Å². The van der Waals surface area contributed by atoms with Gasteiger partial charge in [-0.15, -0.1) is 23.1 Å². The molecule has 3 N–H and O–H groups in total. The van der Waals surface area contributed by atoms with Crippen molar-refractivity contribution in [1.82, 2.24) is 10.2 Å². The van der Waals surface area contributed by atoms with E-state index in [0.717, 1.165) is 21.6 Å². The molecule has 5 rings (SSSR count). The molecule has 1 aliphatic rings. The summed E-state index contributed by atoms with van der Waals surface area (Å²) in [7, 11) is 1.29. The monoisotopic (exact) mass is 768 g/mol. The Kier molecular flexibility index (Phi) is 13.0. The molecule has 0 spiro atoms. The lowest BCUT2D eigenvalue weighted by molar-refractivity contribution is -0.114. The highest BCUT2D eigenvalue weighted by atomic mass is 32.2.